The van der Waals surface area contributed by atoms with Crippen LogP contribution in [0.2, 0.25) is 0 Å². The first-order chi connectivity index (χ1) is 16.3. The maximum absolute atomic E-state index is 11.9. The van der Waals surface area contributed by atoms with E-state index >= 15 is 0 Å². The lowest BCUT2D eigenvalue weighted by molar-refractivity contribution is 0.162. The van der Waals surface area contributed by atoms with Crippen LogP contribution >= 0.6 is 15.6 Å². The monoisotopic (exact) mass is 510 g/mol. The summed E-state index contributed by atoms with van der Waals surface area (Å²) in [6, 6.07) is 22.9. The average molecular weight is 510 g/mol. The van der Waals surface area contributed by atoms with Crippen LogP contribution in [0.5, 0.6) is 23.0 Å². The van der Waals surface area contributed by atoms with Crippen molar-refractivity contribution in [3.8, 4) is 23.0 Å². The van der Waals surface area contributed by atoms with Crippen molar-refractivity contribution in [2.75, 3.05) is 26.4 Å². The predicted octanol–water partition coefficient (Wildman–Crippen LogP) is 4.84. The van der Waals surface area contributed by atoms with Crippen molar-refractivity contribution >= 4 is 15.6 Å². The first-order valence-electron chi connectivity index (χ1n) is 10.1. The summed E-state index contributed by atoms with van der Waals surface area (Å²) in [4.78, 5) is 19.4. The highest BCUT2D eigenvalue weighted by Gasteiger charge is 2.23. The minimum absolute atomic E-state index is 0.0178. The van der Waals surface area contributed by atoms with Crippen LogP contribution in [0.4, 0.5) is 0 Å². The van der Waals surface area contributed by atoms with E-state index in [-0.39, 0.29) is 37.9 Å². The molecule has 3 aromatic rings. The minimum Gasteiger partial charge on any atom is -0.491 e. The number of phosphoric acid groups is 2. The van der Waals surface area contributed by atoms with Gasteiger partial charge < -0.3 is 18.5 Å². The van der Waals surface area contributed by atoms with E-state index in [2.05, 4.69) is 0 Å². The Labute approximate surface area is 196 Å². The molecule has 0 spiro atoms. The summed E-state index contributed by atoms with van der Waals surface area (Å²) in [5, 5.41) is 0. The number of benzene rings is 3. The van der Waals surface area contributed by atoms with Gasteiger partial charge in [-0.25, -0.2) is 9.13 Å². The maximum Gasteiger partial charge on any atom is 0.527 e. The molecule has 34 heavy (non-hydrogen) atoms. The number of ether oxygens (including phenoxy) is 2. The zero-order chi connectivity index (χ0) is 24.3. The molecule has 0 heterocycles. The normalized spacial score (nSPS) is 14.4. The van der Waals surface area contributed by atoms with Gasteiger partial charge in [-0.15, -0.1) is 0 Å². The zero-order valence-corrected chi connectivity index (χ0v) is 19.8. The van der Waals surface area contributed by atoms with E-state index < -0.39 is 15.6 Å². The fraction of sp³-hybridized carbons (Fsp3) is 0.182. The van der Waals surface area contributed by atoms with Gasteiger partial charge >= 0.3 is 15.6 Å². The van der Waals surface area contributed by atoms with E-state index in [1.54, 1.807) is 84.9 Å². The van der Waals surface area contributed by atoms with Crippen LogP contribution in [0.3, 0.4) is 0 Å². The first kappa shape index (κ1) is 25.8. The second-order valence-corrected chi connectivity index (χ2v) is 9.34. The van der Waals surface area contributed by atoms with Crippen LogP contribution in [0.15, 0.2) is 84.9 Å². The largest absolute Gasteiger partial charge is 0.527 e. The third-order valence-electron chi connectivity index (χ3n) is 3.96. The van der Waals surface area contributed by atoms with E-state index in [1.165, 1.54) is 0 Å². The molecule has 0 aliphatic heterocycles. The molecule has 2 unspecified atom stereocenters. The standard InChI is InChI=1S/C22H24O10P2/c23-33(24,31-21-7-3-1-4-8-21)29-17-15-27-19-11-13-20(14-12-19)28-16-18-30-34(25,26)32-22-9-5-2-6-10-22/h1-14H,15-18H2,(H,23,24)(H,25,26). The predicted molar refractivity (Wildman–Crippen MR) is 123 cm³/mol. The summed E-state index contributed by atoms with van der Waals surface area (Å²) in [5.74, 6) is 1.42. The van der Waals surface area contributed by atoms with Crippen molar-refractivity contribution in [1.29, 1.82) is 0 Å². The van der Waals surface area contributed by atoms with Crippen LogP contribution in [-0.2, 0) is 18.2 Å². The van der Waals surface area contributed by atoms with Crippen molar-refractivity contribution in [2.24, 2.45) is 0 Å². The molecule has 12 heteroatoms. The van der Waals surface area contributed by atoms with Crippen LogP contribution in [-0.4, -0.2) is 36.2 Å². The topological polar surface area (TPSA) is 130 Å². The van der Waals surface area contributed by atoms with Gasteiger partial charge in [0.05, 0.1) is 13.2 Å². The molecule has 0 aliphatic carbocycles. The van der Waals surface area contributed by atoms with Crippen LogP contribution in [0, 0.1) is 0 Å². The summed E-state index contributed by atoms with van der Waals surface area (Å²) in [6.45, 7) is -0.293. The lowest BCUT2D eigenvalue weighted by Crippen LogP contribution is -2.08. The molecule has 0 saturated carbocycles. The lowest BCUT2D eigenvalue weighted by Gasteiger charge is -2.14. The fourth-order valence-corrected chi connectivity index (χ4v) is 4.03. The zero-order valence-electron chi connectivity index (χ0n) is 18.0. The molecular formula is C22H24O10P2. The molecule has 0 bridgehead atoms. The molecule has 182 valence electrons. The van der Waals surface area contributed by atoms with Crippen molar-refractivity contribution in [1.82, 2.24) is 0 Å². The minimum atomic E-state index is -4.25. The molecule has 0 fully saturated rings. The summed E-state index contributed by atoms with van der Waals surface area (Å²) >= 11 is 0. The van der Waals surface area contributed by atoms with Crippen LogP contribution < -0.4 is 18.5 Å². The quantitative estimate of drug-likeness (QED) is 0.230. The van der Waals surface area contributed by atoms with Gasteiger partial charge in [0.25, 0.3) is 0 Å². The van der Waals surface area contributed by atoms with E-state index in [4.69, 9.17) is 27.6 Å². The van der Waals surface area contributed by atoms with Crippen molar-refractivity contribution in [2.45, 2.75) is 0 Å². The van der Waals surface area contributed by atoms with Crippen LogP contribution in [0.25, 0.3) is 0 Å². The molecule has 0 aliphatic rings. The van der Waals surface area contributed by atoms with Gasteiger partial charge in [-0.05, 0) is 48.5 Å². The molecule has 10 nitrogen and oxygen atoms in total. The molecule has 0 aromatic heterocycles. The molecule has 0 radical (unpaired) electrons. The molecule has 3 aromatic carbocycles. The Balaban J connectivity index is 1.32. The van der Waals surface area contributed by atoms with Gasteiger partial charge in [-0.3, -0.25) is 18.8 Å². The Morgan fingerprint density at radius 3 is 1.21 bits per heavy atom. The van der Waals surface area contributed by atoms with E-state index in [9.17, 15) is 18.9 Å². The highest BCUT2D eigenvalue weighted by atomic mass is 31.2. The SMILES string of the molecule is O=P(O)(OCCOc1ccc(OCCOP(=O)(O)Oc2ccccc2)cc1)Oc1ccccc1. The highest BCUT2D eigenvalue weighted by molar-refractivity contribution is 7.48. The Morgan fingerprint density at radius 1 is 0.500 bits per heavy atom. The van der Waals surface area contributed by atoms with E-state index in [0.29, 0.717) is 11.5 Å². The molecule has 3 rings (SSSR count). The van der Waals surface area contributed by atoms with Gasteiger partial charge in [-0.1, -0.05) is 36.4 Å². The van der Waals surface area contributed by atoms with Gasteiger partial charge in [0.15, 0.2) is 0 Å². The van der Waals surface area contributed by atoms with E-state index in [0.717, 1.165) is 0 Å². The molecule has 2 atom stereocenters. The van der Waals surface area contributed by atoms with Gasteiger partial charge in [0, 0.05) is 0 Å². The number of para-hydroxylation sites is 2. The summed E-state index contributed by atoms with van der Waals surface area (Å²) in [5.41, 5.74) is 0. The molecule has 0 amide bonds. The molecule has 0 saturated heterocycles. The van der Waals surface area contributed by atoms with Crippen molar-refractivity contribution in [3.63, 3.8) is 0 Å². The molecule has 2 N–H and O–H groups in total. The summed E-state index contributed by atoms with van der Waals surface area (Å²) in [7, 11) is -8.50. The highest BCUT2D eigenvalue weighted by Crippen LogP contribution is 2.44. The third kappa shape index (κ3) is 9.57. The van der Waals surface area contributed by atoms with Crippen molar-refractivity contribution < 1.29 is 46.5 Å². The van der Waals surface area contributed by atoms with Crippen LogP contribution in [0.1, 0.15) is 0 Å². The van der Waals surface area contributed by atoms with E-state index in [1.807, 2.05) is 0 Å². The maximum atomic E-state index is 11.9. The third-order valence-corrected chi connectivity index (χ3v) is 5.87. The number of hydrogen-bond acceptors (Lipinski definition) is 8. The Kier molecular flexibility index (Phi) is 9.53. The fourth-order valence-electron chi connectivity index (χ4n) is 2.54. The Morgan fingerprint density at radius 2 is 0.853 bits per heavy atom. The van der Waals surface area contributed by atoms with Gasteiger partial charge in [0.1, 0.15) is 36.2 Å². The molecular weight excluding hydrogens is 486 g/mol. The second kappa shape index (κ2) is 12.6. The summed E-state index contributed by atoms with van der Waals surface area (Å²) < 4.78 is 54.3. The van der Waals surface area contributed by atoms with Gasteiger partial charge in [-0.2, -0.15) is 0 Å². The first-order valence-corrected chi connectivity index (χ1v) is 13.1. The summed E-state index contributed by atoms with van der Waals surface area (Å²) in [6.07, 6.45) is 0. The number of rotatable bonds is 14. The Bertz CT molecular complexity index is 1010. The average Bonchev–Trinajstić information content (AvgIpc) is 2.81. The second-order valence-electron chi connectivity index (χ2n) is 6.58. The smallest absolute Gasteiger partial charge is 0.491 e. The van der Waals surface area contributed by atoms with Gasteiger partial charge in [0.2, 0.25) is 0 Å². The Hall–Kier alpha value is -2.84. The lowest BCUT2D eigenvalue weighted by atomic mass is 10.3. The number of phosphoric ester groups is 2. The number of hydrogen-bond donors (Lipinski definition) is 2. The van der Waals surface area contributed by atoms with Crippen molar-refractivity contribution in [3.05, 3.63) is 84.9 Å².